The molecular formula is C18H16BrF3N6O3S. The normalized spacial score (nSPS) is 12.0. The number of carbonyl (C=O) groups is 1. The number of amides is 1. The van der Waals surface area contributed by atoms with Crippen LogP contribution in [-0.4, -0.2) is 34.1 Å². The number of benzene rings is 1. The first-order valence-corrected chi connectivity index (χ1v) is 11.1. The molecule has 0 aliphatic heterocycles. The van der Waals surface area contributed by atoms with Gasteiger partial charge in [-0.3, -0.25) is 9.48 Å². The monoisotopic (exact) mass is 532 g/mol. The van der Waals surface area contributed by atoms with Gasteiger partial charge in [-0.05, 0) is 60.1 Å². The predicted molar refractivity (Wildman–Crippen MR) is 113 cm³/mol. The van der Waals surface area contributed by atoms with Crippen LogP contribution < -0.4 is 10.0 Å². The minimum Gasteiger partial charge on any atom is -0.321 e. The first kappa shape index (κ1) is 23.7. The fourth-order valence-corrected chi connectivity index (χ4v) is 4.49. The van der Waals surface area contributed by atoms with Gasteiger partial charge < -0.3 is 5.32 Å². The Morgan fingerprint density at radius 3 is 2.16 bits per heavy atom. The highest BCUT2D eigenvalue weighted by atomic mass is 79.9. The highest BCUT2D eigenvalue weighted by molar-refractivity contribution is 9.10. The molecule has 0 bridgehead atoms. The molecule has 32 heavy (non-hydrogen) atoms. The molecule has 2 aromatic heterocycles. The van der Waals surface area contributed by atoms with Gasteiger partial charge in [0.25, 0.3) is 15.9 Å². The van der Waals surface area contributed by atoms with E-state index in [0.29, 0.717) is 16.1 Å². The van der Waals surface area contributed by atoms with E-state index in [2.05, 4.69) is 41.0 Å². The predicted octanol–water partition coefficient (Wildman–Crippen LogP) is 3.66. The third-order valence-corrected chi connectivity index (χ3v) is 6.20. The van der Waals surface area contributed by atoms with E-state index in [1.54, 1.807) is 19.9 Å². The molecule has 2 N–H and O–H groups in total. The summed E-state index contributed by atoms with van der Waals surface area (Å²) >= 11 is 2.77. The number of nitrogens with one attached hydrogen (secondary N) is 2. The minimum absolute atomic E-state index is 0.0830. The van der Waals surface area contributed by atoms with E-state index >= 15 is 0 Å². The SMILES string of the molecule is Cc1cc(C)nc(NS(=O)(=O)c2ccc(NC(=O)c3nn(C)c(C(F)(F)F)c3Br)cc2)n1. The summed E-state index contributed by atoms with van der Waals surface area (Å²) in [6, 6.07) is 6.70. The maximum absolute atomic E-state index is 13.1. The molecule has 0 fully saturated rings. The number of aryl methyl sites for hydroxylation is 3. The second-order valence-corrected chi connectivity index (χ2v) is 9.17. The minimum atomic E-state index is -4.71. The number of nitrogens with zero attached hydrogens (tertiary/aromatic N) is 4. The summed E-state index contributed by atoms with van der Waals surface area (Å²) < 4.78 is 66.7. The van der Waals surface area contributed by atoms with Gasteiger partial charge in [0, 0.05) is 24.1 Å². The molecule has 0 atom stereocenters. The lowest BCUT2D eigenvalue weighted by Crippen LogP contribution is -2.16. The van der Waals surface area contributed by atoms with Gasteiger partial charge in [0.05, 0.1) is 9.37 Å². The van der Waals surface area contributed by atoms with E-state index in [0.717, 1.165) is 7.05 Å². The third-order valence-electron chi connectivity index (χ3n) is 4.10. The van der Waals surface area contributed by atoms with Gasteiger partial charge in [-0.2, -0.15) is 18.3 Å². The number of alkyl halides is 3. The number of carbonyl (C=O) groups excluding carboxylic acids is 1. The largest absolute Gasteiger partial charge is 0.434 e. The first-order chi connectivity index (χ1) is 14.8. The summed E-state index contributed by atoms with van der Waals surface area (Å²) in [5.74, 6) is -0.985. The quantitative estimate of drug-likeness (QED) is 0.517. The van der Waals surface area contributed by atoms with Crippen LogP contribution in [-0.2, 0) is 23.2 Å². The van der Waals surface area contributed by atoms with Gasteiger partial charge in [-0.15, -0.1) is 0 Å². The Morgan fingerprint density at radius 2 is 1.66 bits per heavy atom. The zero-order valence-corrected chi connectivity index (χ0v) is 19.2. The van der Waals surface area contributed by atoms with E-state index in [4.69, 9.17) is 0 Å². The summed E-state index contributed by atoms with van der Waals surface area (Å²) in [7, 11) is -2.94. The molecule has 1 aromatic carbocycles. The highest BCUT2D eigenvalue weighted by Gasteiger charge is 2.39. The molecular weight excluding hydrogens is 517 g/mol. The first-order valence-electron chi connectivity index (χ1n) is 8.84. The second-order valence-electron chi connectivity index (χ2n) is 6.69. The third kappa shape index (κ3) is 5.07. The molecule has 170 valence electrons. The van der Waals surface area contributed by atoms with Gasteiger partial charge >= 0.3 is 6.18 Å². The molecule has 3 aromatic rings. The van der Waals surface area contributed by atoms with Crippen molar-refractivity contribution in [1.82, 2.24) is 19.7 Å². The number of halogens is 4. The lowest BCUT2D eigenvalue weighted by Gasteiger charge is -2.09. The molecule has 0 radical (unpaired) electrons. The summed E-state index contributed by atoms with van der Waals surface area (Å²) in [5, 5.41) is 5.99. The lowest BCUT2D eigenvalue weighted by atomic mass is 10.3. The molecule has 0 saturated carbocycles. The van der Waals surface area contributed by atoms with E-state index < -0.39 is 38.0 Å². The molecule has 9 nitrogen and oxygen atoms in total. The van der Waals surface area contributed by atoms with Crippen LogP contribution in [0.2, 0.25) is 0 Å². The van der Waals surface area contributed by atoms with Gasteiger partial charge in [-0.1, -0.05) is 0 Å². The van der Waals surface area contributed by atoms with Crippen molar-refractivity contribution in [3.05, 3.63) is 57.6 Å². The van der Waals surface area contributed by atoms with E-state index in [-0.39, 0.29) is 16.5 Å². The van der Waals surface area contributed by atoms with Gasteiger partial charge in [0.1, 0.15) is 0 Å². The van der Waals surface area contributed by atoms with Crippen molar-refractivity contribution < 1.29 is 26.4 Å². The van der Waals surface area contributed by atoms with E-state index in [1.807, 2.05) is 0 Å². The molecule has 0 spiro atoms. The number of hydrogen-bond donors (Lipinski definition) is 2. The lowest BCUT2D eigenvalue weighted by molar-refractivity contribution is -0.144. The topological polar surface area (TPSA) is 119 Å². The Hall–Kier alpha value is -3.00. The van der Waals surface area contributed by atoms with Crippen molar-refractivity contribution in [2.24, 2.45) is 7.05 Å². The van der Waals surface area contributed by atoms with Gasteiger partial charge in [-0.25, -0.2) is 23.1 Å². The molecule has 0 saturated heterocycles. The van der Waals surface area contributed by atoms with Crippen LogP contribution in [0.15, 0.2) is 39.7 Å². The Bertz CT molecular complexity index is 1270. The van der Waals surface area contributed by atoms with Crippen LogP contribution in [0.1, 0.15) is 27.6 Å². The van der Waals surface area contributed by atoms with Crippen molar-refractivity contribution >= 4 is 43.5 Å². The smallest absolute Gasteiger partial charge is 0.321 e. The average Bonchev–Trinajstić information content (AvgIpc) is 2.95. The number of aromatic nitrogens is 4. The highest BCUT2D eigenvalue weighted by Crippen LogP contribution is 2.36. The van der Waals surface area contributed by atoms with E-state index in [9.17, 15) is 26.4 Å². The fourth-order valence-electron chi connectivity index (χ4n) is 2.81. The summed E-state index contributed by atoms with van der Waals surface area (Å²) in [6.07, 6.45) is -4.71. The van der Waals surface area contributed by atoms with Crippen molar-refractivity contribution in [1.29, 1.82) is 0 Å². The van der Waals surface area contributed by atoms with Crippen LogP contribution >= 0.6 is 15.9 Å². The van der Waals surface area contributed by atoms with Gasteiger partial charge in [0.15, 0.2) is 11.4 Å². The maximum atomic E-state index is 13.1. The molecule has 0 aliphatic carbocycles. The number of anilines is 2. The maximum Gasteiger partial charge on any atom is 0.434 e. The fraction of sp³-hybridized carbons (Fsp3) is 0.222. The Labute approximate surface area is 189 Å². The molecule has 3 rings (SSSR count). The second kappa shape index (κ2) is 8.50. The Balaban J connectivity index is 1.78. The molecule has 14 heteroatoms. The number of hydrogen-bond acceptors (Lipinski definition) is 6. The zero-order chi connectivity index (χ0) is 23.8. The molecule has 0 aliphatic rings. The van der Waals surface area contributed by atoms with Crippen LogP contribution in [0.25, 0.3) is 0 Å². The van der Waals surface area contributed by atoms with E-state index in [1.165, 1.54) is 24.3 Å². The standard InChI is InChI=1S/C18H16BrF3N6O3S/c1-9-8-10(2)24-17(23-9)27-32(30,31)12-6-4-11(5-7-12)25-16(29)14-13(19)15(18(20,21)22)28(3)26-14/h4-8H,1-3H3,(H,25,29)(H,23,24,27). The van der Waals surface area contributed by atoms with Crippen molar-refractivity contribution in [3.63, 3.8) is 0 Å². The van der Waals surface area contributed by atoms with Crippen molar-refractivity contribution in [2.45, 2.75) is 24.9 Å². The molecule has 2 heterocycles. The zero-order valence-electron chi connectivity index (χ0n) is 16.8. The van der Waals surface area contributed by atoms with Crippen LogP contribution in [0, 0.1) is 13.8 Å². The Kier molecular flexibility index (Phi) is 6.29. The van der Waals surface area contributed by atoms with Crippen molar-refractivity contribution in [2.75, 3.05) is 10.0 Å². The van der Waals surface area contributed by atoms with Crippen LogP contribution in [0.5, 0.6) is 0 Å². The van der Waals surface area contributed by atoms with Gasteiger partial charge in [0.2, 0.25) is 5.95 Å². The van der Waals surface area contributed by atoms with Crippen LogP contribution in [0.4, 0.5) is 24.8 Å². The summed E-state index contributed by atoms with van der Waals surface area (Å²) in [4.78, 5) is 20.3. The summed E-state index contributed by atoms with van der Waals surface area (Å²) in [6.45, 7) is 3.39. The average molecular weight is 533 g/mol. The Morgan fingerprint density at radius 1 is 1.09 bits per heavy atom. The molecule has 0 unspecified atom stereocenters. The number of sulfonamides is 1. The molecule has 1 amide bonds. The summed E-state index contributed by atoms with van der Waals surface area (Å²) in [5.41, 5.74) is -0.248. The number of rotatable bonds is 5. The van der Waals surface area contributed by atoms with Crippen LogP contribution in [0.3, 0.4) is 0 Å². The van der Waals surface area contributed by atoms with Crippen molar-refractivity contribution in [3.8, 4) is 0 Å².